The molecule has 0 radical (unpaired) electrons. The zero-order valence-corrected chi connectivity index (χ0v) is 8.28. The number of nitrogens with two attached hydrogens (primary N) is 1. The Morgan fingerprint density at radius 3 is 2.47 bits per heavy atom. The molecule has 0 spiro atoms. The Bertz CT molecular complexity index is 367. The van der Waals surface area contributed by atoms with E-state index in [1.54, 1.807) is 12.1 Å². The summed E-state index contributed by atoms with van der Waals surface area (Å²) in [5.41, 5.74) is 6.97. The monoisotopic (exact) mass is 228 g/mol. The van der Waals surface area contributed by atoms with Crippen LogP contribution in [-0.4, -0.2) is 11.0 Å². The van der Waals surface area contributed by atoms with Crippen molar-refractivity contribution in [1.29, 1.82) is 0 Å². The summed E-state index contributed by atoms with van der Waals surface area (Å²) in [6.07, 6.45) is 0. The zero-order chi connectivity index (χ0) is 11.3. The van der Waals surface area contributed by atoms with Gasteiger partial charge in [-0.05, 0) is 24.1 Å². The van der Waals surface area contributed by atoms with Crippen molar-refractivity contribution in [3.05, 3.63) is 34.4 Å². The Kier molecular flexibility index (Phi) is 3.89. The lowest BCUT2D eigenvalue weighted by atomic mass is 10.3. The first-order valence-corrected chi connectivity index (χ1v) is 4.63. The van der Waals surface area contributed by atoms with Crippen LogP contribution in [-0.2, 0) is 0 Å². The molecule has 0 unspecified atom stereocenters. The van der Waals surface area contributed by atoms with Gasteiger partial charge in [0.05, 0.1) is 4.92 Å². The number of nitrogens with zero attached hydrogens (tertiary/aromatic N) is 1. The third-order valence-corrected chi connectivity index (χ3v) is 2.10. The molecule has 0 atom stereocenters. The fourth-order valence-electron chi connectivity index (χ4n) is 0.771. The van der Waals surface area contributed by atoms with Crippen molar-refractivity contribution >= 4 is 23.7 Å². The van der Waals surface area contributed by atoms with Crippen LogP contribution in [0.3, 0.4) is 0 Å². The number of non-ortho nitro benzene ring substituents is 1. The highest BCUT2D eigenvalue weighted by Gasteiger charge is 2.03. The molecule has 7 nitrogen and oxygen atoms in total. The van der Waals surface area contributed by atoms with Crippen molar-refractivity contribution in [3.8, 4) is 0 Å². The van der Waals surface area contributed by atoms with E-state index >= 15 is 0 Å². The number of carbonyl (C=O) groups is 1. The van der Waals surface area contributed by atoms with Crippen LogP contribution < -0.4 is 16.0 Å². The minimum atomic E-state index is -0.704. The molecule has 0 heterocycles. The Labute approximate surface area is 89.3 Å². The second-order valence-electron chi connectivity index (χ2n) is 2.44. The summed E-state index contributed by atoms with van der Waals surface area (Å²) in [5.74, 6) is 0. The Morgan fingerprint density at radius 2 is 2.00 bits per heavy atom. The average Bonchev–Trinajstić information content (AvgIpc) is 2.18. The summed E-state index contributed by atoms with van der Waals surface area (Å²) in [6, 6.07) is 5.14. The van der Waals surface area contributed by atoms with Gasteiger partial charge < -0.3 is 5.73 Å². The molecule has 80 valence electrons. The van der Waals surface area contributed by atoms with E-state index in [1.165, 1.54) is 12.1 Å². The molecule has 0 saturated heterocycles. The van der Waals surface area contributed by atoms with Gasteiger partial charge in [0.1, 0.15) is 0 Å². The normalized spacial score (nSPS) is 9.60. The van der Waals surface area contributed by atoms with Gasteiger partial charge >= 0.3 is 6.03 Å². The van der Waals surface area contributed by atoms with E-state index in [1.807, 2.05) is 0 Å². The predicted octanol–water partition coefficient (Wildman–Crippen LogP) is 0.775. The fourth-order valence-corrected chi connectivity index (χ4v) is 1.31. The molecule has 8 heteroatoms. The number of rotatable bonds is 4. The SMILES string of the molecule is NC(=O)NNSc1ccc([N+](=O)[O-])cc1. The number of nitro groups is 1. The van der Waals surface area contributed by atoms with Crippen molar-refractivity contribution in [3.63, 3.8) is 0 Å². The second kappa shape index (κ2) is 5.17. The molecular weight excluding hydrogens is 220 g/mol. The number of hydrogen-bond donors (Lipinski definition) is 3. The average molecular weight is 228 g/mol. The van der Waals surface area contributed by atoms with Crippen LogP contribution in [0.15, 0.2) is 29.2 Å². The number of benzene rings is 1. The van der Waals surface area contributed by atoms with E-state index < -0.39 is 11.0 Å². The van der Waals surface area contributed by atoms with E-state index in [0.717, 1.165) is 11.9 Å². The molecule has 0 saturated carbocycles. The number of amides is 2. The molecule has 2 amide bonds. The fraction of sp³-hybridized carbons (Fsp3) is 0. The quantitative estimate of drug-likeness (QED) is 0.400. The number of nitrogens with one attached hydrogen (secondary N) is 2. The Balaban J connectivity index is 2.50. The van der Waals surface area contributed by atoms with Gasteiger partial charge in [-0.2, -0.15) is 4.83 Å². The van der Waals surface area contributed by atoms with E-state index in [-0.39, 0.29) is 5.69 Å². The zero-order valence-electron chi connectivity index (χ0n) is 7.47. The van der Waals surface area contributed by atoms with Crippen LogP contribution in [0.5, 0.6) is 0 Å². The number of urea groups is 1. The number of hydrogen-bond acceptors (Lipinski definition) is 5. The minimum Gasteiger partial charge on any atom is -0.351 e. The maximum absolute atomic E-state index is 10.3. The molecule has 0 aromatic heterocycles. The lowest BCUT2D eigenvalue weighted by Crippen LogP contribution is -2.36. The van der Waals surface area contributed by atoms with Crippen molar-refractivity contribution in [2.24, 2.45) is 5.73 Å². The topological polar surface area (TPSA) is 110 Å². The van der Waals surface area contributed by atoms with Gasteiger partial charge in [-0.1, -0.05) is 0 Å². The standard InChI is InChI=1S/C7H8N4O3S/c8-7(12)9-10-15-6-3-1-5(2-4-6)11(13)14/h1-4,10H,(H3,8,9,12). The molecule has 1 aromatic carbocycles. The highest BCUT2D eigenvalue weighted by Crippen LogP contribution is 2.18. The minimum absolute atomic E-state index is 0.0159. The first-order valence-electron chi connectivity index (χ1n) is 3.81. The van der Waals surface area contributed by atoms with E-state index in [4.69, 9.17) is 5.73 Å². The molecule has 1 rings (SSSR count). The number of hydrazine groups is 1. The van der Waals surface area contributed by atoms with Crippen molar-refractivity contribution in [2.75, 3.05) is 0 Å². The largest absolute Gasteiger partial charge is 0.351 e. The molecule has 15 heavy (non-hydrogen) atoms. The summed E-state index contributed by atoms with van der Waals surface area (Å²) >= 11 is 1.08. The van der Waals surface area contributed by atoms with Crippen LogP contribution in [0.25, 0.3) is 0 Å². The highest BCUT2D eigenvalue weighted by atomic mass is 32.2. The second-order valence-corrected chi connectivity index (χ2v) is 3.32. The number of carbonyl (C=O) groups excluding carboxylic acids is 1. The third-order valence-electron chi connectivity index (χ3n) is 1.39. The molecular formula is C7H8N4O3S. The maximum atomic E-state index is 10.3. The summed E-state index contributed by atoms with van der Waals surface area (Å²) in [6.45, 7) is 0. The van der Waals surface area contributed by atoms with Crippen molar-refractivity contribution in [1.82, 2.24) is 10.3 Å². The van der Waals surface area contributed by atoms with E-state index in [0.29, 0.717) is 4.90 Å². The summed E-state index contributed by atoms with van der Waals surface area (Å²) < 4.78 is 0. The van der Waals surface area contributed by atoms with Gasteiger partial charge in [-0.25, -0.2) is 4.79 Å². The van der Waals surface area contributed by atoms with Gasteiger partial charge in [0.25, 0.3) is 5.69 Å². The molecule has 0 aliphatic rings. The Morgan fingerprint density at radius 1 is 1.40 bits per heavy atom. The van der Waals surface area contributed by atoms with Crippen LogP contribution in [0, 0.1) is 10.1 Å². The molecule has 0 aliphatic heterocycles. The van der Waals surface area contributed by atoms with Crippen LogP contribution in [0.2, 0.25) is 0 Å². The van der Waals surface area contributed by atoms with Crippen LogP contribution in [0.4, 0.5) is 10.5 Å². The first-order chi connectivity index (χ1) is 7.09. The molecule has 0 aliphatic carbocycles. The molecule has 4 N–H and O–H groups in total. The van der Waals surface area contributed by atoms with E-state index in [2.05, 4.69) is 10.3 Å². The smallest absolute Gasteiger partial charge is 0.327 e. The van der Waals surface area contributed by atoms with E-state index in [9.17, 15) is 14.9 Å². The molecule has 1 aromatic rings. The van der Waals surface area contributed by atoms with Gasteiger partial charge in [-0.3, -0.25) is 15.5 Å². The van der Waals surface area contributed by atoms with Gasteiger partial charge in [-0.15, -0.1) is 0 Å². The number of nitro benzene ring substituents is 1. The third kappa shape index (κ3) is 3.83. The Hall–Kier alpha value is -1.80. The van der Waals surface area contributed by atoms with Gasteiger partial charge in [0.15, 0.2) is 0 Å². The maximum Gasteiger partial charge on any atom is 0.327 e. The van der Waals surface area contributed by atoms with Crippen LogP contribution in [0.1, 0.15) is 0 Å². The predicted molar refractivity (Wildman–Crippen MR) is 54.8 cm³/mol. The highest BCUT2D eigenvalue weighted by molar-refractivity contribution is 7.97. The van der Waals surface area contributed by atoms with Gasteiger partial charge in [0.2, 0.25) is 0 Å². The summed E-state index contributed by atoms with van der Waals surface area (Å²) in [4.78, 5) is 23.3. The summed E-state index contributed by atoms with van der Waals surface area (Å²) in [7, 11) is 0. The van der Waals surface area contributed by atoms with Crippen molar-refractivity contribution in [2.45, 2.75) is 4.90 Å². The van der Waals surface area contributed by atoms with Crippen molar-refractivity contribution < 1.29 is 9.72 Å². The lowest BCUT2D eigenvalue weighted by molar-refractivity contribution is -0.384. The van der Waals surface area contributed by atoms with Crippen LogP contribution >= 0.6 is 11.9 Å². The first kappa shape index (κ1) is 11.3. The van der Waals surface area contributed by atoms with Gasteiger partial charge in [0, 0.05) is 17.0 Å². The molecule has 0 bridgehead atoms. The molecule has 0 fully saturated rings. The number of primary amides is 1. The summed E-state index contributed by atoms with van der Waals surface area (Å²) in [5, 5.41) is 10.3. The lowest BCUT2D eigenvalue weighted by Gasteiger charge is -2.02.